The molecule has 0 unspecified atom stereocenters. The predicted octanol–water partition coefficient (Wildman–Crippen LogP) is 4.09. The lowest BCUT2D eigenvalue weighted by atomic mass is 10.0. The molecule has 0 saturated heterocycles. The first-order valence-corrected chi connectivity index (χ1v) is 7.92. The van der Waals surface area contributed by atoms with Crippen molar-refractivity contribution in [2.75, 3.05) is 12.4 Å². The zero-order valence-electron chi connectivity index (χ0n) is 14.6. The van der Waals surface area contributed by atoms with Gasteiger partial charge in [-0.25, -0.2) is 5.84 Å². The summed E-state index contributed by atoms with van der Waals surface area (Å²) in [4.78, 5) is 8.94. The molecule has 4 N–H and O–H groups in total. The molecule has 0 aromatic heterocycles. The van der Waals surface area contributed by atoms with Gasteiger partial charge < -0.3 is 5.32 Å². The fourth-order valence-electron chi connectivity index (χ4n) is 2.40. The van der Waals surface area contributed by atoms with E-state index >= 15 is 0 Å². The highest BCUT2D eigenvalue weighted by Gasteiger charge is 2.33. The molecule has 0 aliphatic heterocycles. The molecule has 7 heteroatoms. The number of nitrogens with two attached hydrogens (primary N) is 1. The number of alkyl halides is 3. The second-order valence-corrected chi connectivity index (χ2v) is 5.18. The summed E-state index contributed by atoms with van der Waals surface area (Å²) in [6.07, 6.45) is 0.129. The molecule has 4 nitrogen and oxygen atoms in total. The fraction of sp³-hybridized carbons (Fsp3) is 0.211. The van der Waals surface area contributed by atoms with Gasteiger partial charge in [0.2, 0.25) is 6.41 Å². The number of hydrogen-bond acceptors (Lipinski definition) is 3. The van der Waals surface area contributed by atoms with E-state index in [1.54, 1.807) is 24.6 Å². The van der Waals surface area contributed by atoms with E-state index in [2.05, 4.69) is 11.2 Å². The van der Waals surface area contributed by atoms with Crippen LogP contribution in [0.2, 0.25) is 0 Å². The van der Waals surface area contributed by atoms with Crippen LogP contribution in [0.15, 0.2) is 42.5 Å². The number of carbonyl (C=O) groups is 1. The van der Waals surface area contributed by atoms with Gasteiger partial charge in [-0.1, -0.05) is 49.4 Å². The maximum atomic E-state index is 13.2. The highest BCUT2D eigenvalue weighted by Crippen LogP contribution is 2.36. The molecular weight excluding hydrogens is 343 g/mol. The van der Waals surface area contributed by atoms with E-state index in [4.69, 9.17) is 4.79 Å². The molecule has 0 radical (unpaired) electrons. The molecular formula is C19H22F3N3O. The highest BCUT2D eigenvalue weighted by molar-refractivity contribution is 5.79. The van der Waals surface area contributed by atoms with Gasteiger partial charge in [0.15, 0.2) is 0 Å². The number of rotatable bonds is 5. The van der Waals surface area contributed by atoms with Crippen molar-refractivity contribution in [2.24, 2.45) is 5.84 Å². The molecule has 0 bridgehead atoms. The van der Waals surface area contributed by atoms with Crippen LogP contribution in [-0.4, -0.2) is 13.5 Å². The number of amides is 1. The zero-order chi connectivity index (χ0) is 19.6. The highest BCUT2D eigenvalue weighted by atomic mass is 19.4. The van der Waals surface area contributed by atoms with E-state index in [-0.39, 0.29) is 5.56 Å². The van der Waals surface area contributed by atoms with Gasteiger partial charge in [-0.3, -0.25) is 10.2 Å². The number of anilines is 1. The summed E-state index contributed by atoms with van der Waals surface area (Å²) in [6, 6.07) is 11.9. The van der Waals surface area contributed by atoms with Gasteiger partial charge >= 0.3 is 6.18 Å². The van der Waals surface area contributed by atoms with Crippen LogP contribution in [0.5, 0.6) is 0 Å². The number of benzene rings is 2. The summed E-state index contributed by atoms with van der Waals surface area (Å²) < 4.78 is 39.5. The summed E-state index contributed by atoms with van der Waals surface area (Å²) >= 11 is 0. The molecule has 0 heterocycles. The third-order valence-electron chi connectivity index (χ3n) is 3.61. The number of hydrazine groups is 1. The molecule has 140 valence electrons. The number of aryl methyl sites for hydroxylation is 1. The Balaban J connectivity index is 0.000000765. The van der Waals surface area contributed by atoms with Gasteiger partial charge in [0.1, 0.15) is 0 Å². The molecule has 2 aromatic carbocycles. The summed E-state index contributed by atoms with van der Waals surface area (Å²) in [5, 5.41) is 2.82. The molecule has 2 rings (SSSR count). The van der Waals surface area contributed by atoms with Gasteiger partial charge in [0, 0.05) is 18.3 Å². The molecule has 0 aliphatic carbocycles. The molecule has 0 saturated carbocycles. The average Bonchev–Trinajstić information content (AvgIpc) is 2.65. The van der Waals surface area contributed by atoms with Crippen molar-refractivity contribution < 1.29 is 18.0 Å². The normalized spacial score (nSPS) is 10.8. The predicted molar refractivity (Wildman–Crippen MR) is 99.1 cm³/mol. The van der Waals surface area contributed by atoms with E-state index in [0.29, 0.717) is 12.1 Å². The van der Waals surface area contributed by atoms with Crippen molar-refractivity contribution >= 4 is 24.2 Å². The van der Waals surface area contributed by atoms with E-state index in [1.165, 1.54) is 12.1 Å². The van der Waals surface area contributed by atoms with E-state index in [0.717, 1.165) is 23.6 Å². The first-order chi connectivity index (χ1) is 12.4. The van der Waals surface area contributed by atoms with Crippen LogP contribution in [0.25, 0.3) is 12.2 Å². The van der Waals surface area contributed by atoms with E-state index in [9.17, 15) is 13.2 Å². The Morgan fingerprint density at radius 2 is 1.73 bits per heavy atom. The van der Waals surface area contributed by atoms with Crippen LogP contribution in [0, 0.1) is 0 Å². The van der Waals surface area contributed by atoms with Gasteiger partial charge in [-0.05, 0) is 29.7 Å². The van der Waals surface area contributed by atoms with Gasteiger partial charge in [0.05, 0.1) is 5.56 Å². The lowest BCUT2D eigenvalue weighted by Crippen LogP contribution is -2.18. The number of halogens is 3. The Bertz CT molecular complexity index is 743. The smallest absolute Gasteiger partial charge is 0.388 e. The Morgan fingerprint density at radius 1 is 1.08 bits per heavy atom. The number of nitrogens with one attached hydrogen (secondary N) is 2. The van der Waals surface area contributed by atoms with Crippen LogP contribution < -0.4 is 16.6 Å². The fourth-order valence-corrected chi connectivity index (χ4v) is 2.40. The second kappa shape index (κ2) is 10.2. The van der Waals surface area contributed by atoms with Crippen LogP contribution >= 0.6 is 0 Å². The Morgan fingerprint density at radius 3 is 2.27 bits per heavy atom. The van der Waals surface area contributed by atoms with Crippen LogP contribution in [-0.2, 0) is 17.4 Å². The molecule has 0 fully saturated rings. The minimum atomic E-state index is -4.38. The molecule has 1 amide bonds. The summed E-state index contributed by atoms with van der Waals surface area (Å²) in [5.74, 6) is 4.41. The second-order valence-electron chi connectivity index (χ2n) is 5.18. The first-order valence-electron chi connectivity index (χ1n) is 7.92. The van der Waals surface area contributed by atoms with Crippen LogP contribution in [0.4, 0.5) is 18.9 Å². The first kappa shape index (κ1) is 21.2. The maximum Gasteiger partial charge on any atom is 0.417 e. The third kappa shape index (κ3) is 5.93. The minimum absolute atomic E-state index is 0.156. The summed E-state index contributed by atoms with van der Waals surface area (Å²) in [5.41, 5.74) is 3.77. The standard InChI is InChI=1S/C18H18F3N.CH4N2O/c1-3-13-7-4-5-8-14(13)11-12-15-16(18(19,20)21)9-6-10-17(15)22-2;2-3-1-4/h4-12,22H,3H2,1-2H3;1H,2H2,(H,3,4)/b12-11+;. The van der Waals surface area contributed by atoms with Gasteiger partial charge in [-0.2, -0.15) is 13.2 Å². The number of hydrogen-bond donors (Lipinski definition) is 3. The minimum Gasteiger partial charge on any atom is -0.388 e. The topological polar surface area (TPSA) is 67.2 Å². The van der Waals surface area contributed by atoms with Gasteiger partial charge in [-0.15, -0.1) is 0 Å². The monoisotopic (exact) mass is 365 g/mol. The van der Waals surface area contributed by atoms with Crippen molar-refractivity contribution in [3.63, 3.8) is 0 Å². The molecule has 0 aliphatic rings. The molecule has 0 atom stereocenters. The Hall–Kier alpha value is -2.80. The number of carbonyl (C=O) groups excluding carboxylic acids is 1. The molecule has 0 spiro atoms. The lowest BCUT2D eigenvalue weighted by molar-refractivity contribution is -0.137. The van der Waals surface area contributed by atoms with Gasteiger partial charge in [0.25, 0.3) is 0 Å². The van der Waals surface area contributed by atoms with E-state index in [1.807, 2.05) is 31.2 Å². The van der Waals surface area contributed by atoms with Crippen LogP contribution in [0.3, 0.4) is 0 Å². The summed E-state index contributed by atoms with van der Waals surface area (Å²) in [7, 11) is 1.62. The van der Waals surface area contributed by atoms with Crippen molar-refractivity contribution in [3.05, 3.63) is 64.7 Å². The Labute approximate surface area is 150 Å². The third-order valence-corrected chi connectivity index (χ3v) is 3.61. The largest absolute Gasteiger partial charge is 0.417 e. The zero-order valence-corrected chi connectivity index (χ0v) is 14.6. The van der Waals surface area contributed by atoms with Crippen molar-refractivity contribution in [1.82, 2.24) is 5.43 Å². The quantitative estimate of drug-likeness (QED) is 0.246. The Kier molecular flexibility index (Phi) is 8.37. The van der Waals surface area contributed by atoms with Crippen molar-refractivity contribution in [3.8, 4) is 0 Å². The average molecular weight is 365 g/mol. The lowest BCUT2D eigenvalue weighted by Gasteiger charge is -2.14. The summed E-state index contributed by atoms with van der Waals surface area (Å²) in [6.45, 7) is 2.02. The SMILES string of the molecule is CCc1ccccc1/C=C/c1c(NC)cccc1C(F)(F)F.NNC=O. The van der Waals surface area contributed by atoms with Crippen LogP contribution in [0.1, 0.15) is 29.2 Å². The maximum absolute atomic E-state index is 13.2. The van der Waals surface area contributed by atoms with Crippen molar-refractivity contribution in [1.29, 1.82) is 0 Å². The van der Waals surface area contributed by atoms with E-state index < -0.39 is 11.7 Å². The molecule has 26 heavy (non-hydrogen) atoms. The van der Waals surface area contributed by atoms with Crippen molar-refractivity contribution in [2.45, 2.75) is 19.5 Å². The molecule has 2 aromatic rings.